The fraction of sp³-hybridized carbons (Fsp3) is 1.00. The molecular formula is C8H18. The summed E-state index contributed by atoms with van der Waals surface area (Å²) in [5.41, 5.74) is 0. The molecule has 0 rings (SSSR count). The first kappa shape index (κ1) is 8.00. The van der Waals surface area contributed by atoms with Gasteiger partial charge in [0, 0.05) is 0 Å². The van der Waals surface area contributed by atoms with E-state index in [0.29, 0.717) is 0 Å². The molecule has 1 atom stereocenters. The second-order valence-electron chi connectivity index (χ2n) is 3.01. The third-order valence-corrected chi connectivity index (χ3v) is 1.88. The van der Waals surface area contributed by atoms with Crippen molar-refractivity contribution in [1.29, 1.82) is 0 Å². The molecule has 0 radical (unpaired) electrons. The molecule has 0 aromatic heterocycles. The minimum absolute atomic E-state index is 0.870. The fourth-order valence-corrected chi connectivity index (χ4v) is 0.789. The molecule has 0 fully saturated rings. The minimum atomic E-state index is 0.870. The third kappa shape index (κ3) is 3.06. The lowest BCUT2D eigenvalue weighted by Gasteiger charge is -2.12. The summed E-state index contributed by atoms with van der Waals surface area (Å²) in [4.78, 5) is 0. The largest absolute Gasteiger partial charge is 0.0654 e. The normalized spacial score (nSPS) is 14.6. The zero-order valence-corrected chi connectivity index (χ0v) is 6.57. The van der Waals surface area contributed by atoms with Gasteiger partial charge >= 0.3 is 0 Å². The van der Waals surface area contributed by atoms with E-state index < -0.39 is 0 Å². The van der Waals surface area contributed by atoms with Crippen molar-refractivity contribution in [3.8, 4) is 0 Å². The molecule has 0 aromatic carbocycles. The van der Waals surface area contributed by atoms with Gasteiger partial charge < -0.3 is 0 Å². The number of rotatable bonds is 3. The van der Waals surface area contributed by atoms with Gasteiger partial charge in [-0.3, -0.25) is 0 Å². The lowest BCUT2D eigenvalue weighted by Crippen LogP contribution is -2.02. The van der Waals surface area contributed by atoms with E-state index in [1.165, 1.54) is 12.8 Å². The molecule has 0 aromatic rings. The highest BCUT2D eigenvalue weighted by Crippen LogP contribution is 2.14. The van der Waals surface area contributed by atoms with Crippen LogP contribution in [0.2, 0.25) is 0 Å². The first-order chi connectivity index (χ1) is 3.68. The van der Waals surface area contributed by atoms with Crippen LogP contribution in [-0.2, 0) is 0 Å². The smallest absolute Gasteiger partial charge is 0.0420 e. The Labute approximate surface area is 53.3 Å². The van der Waals surface area contributed by atoms with Crippen LogP contribution in [0.5, 0.6) is 0 Å². The molecule has 8 heavy (non-hydrogen) atoms. The van der Waals surface area contributed by atoms with Crippen LogP contribution >= 0.6 is 0 Å². The Kier molecular flexibility index (Phi) is 3.94. The topological polar surface area (TPSA) is 0 Å². The molecule has 50 valence electrons. The van der Waals surface area contributed by atoms with Gasteiger partial charge in [-0.1, -0.05) is 40.5 Å². The summed E-state index contributed by atoms with van der Waals surface area (Å²) in [7, 11) is 0. The van der Waals surface area contributed by atoms with Crippen LogP contribution in [0, 0.1) is 11.8 Å². The van der Waals surface area contributed by atoms with Crippen LogP contribution in [0.4, 0.5) is 0 Å². The molecular weight excluding hydrogens is 96.1 g/mol. The molecule has 0 bridgehead atoms. The maximum Gasteiger partial charge on any atom is -0.0420 e. The lowest BCUT2D eigenvalue weighted by atomic mass is 9.94. The summed E-state index contributed by atoms with van der Waals surface area (Å²) in [6.07, 6.45) is 2.72. The number of hydrogen-bond acceptors (Lipinski definition) is 0. The Morgan fingerprint density at radius 2 is 1.62 bits per heavy atom. The van der Waals surface area contributed by atoms with Gasteiger partial charge in [-0.2, -0.15) is 0 Å². The Morgan fingerprint density at radius 1 is 1.12 bits per heavy atom. The van der Waals surface area contributed by atoms with Gasteiger partial charge in [-0.05, 0) is 11.8 Å². The molecule has 0 amide bonds. The molecule has 0 heteroatoms. The highest BCUT2D eigenvalue weighted by atomic mass is 14.1. The summed E-state index contributed by atoms with van der Waals surface area (Å²) in [5, 5.41) is 0. The molecule has 0 nitrogen and oxygen atoms in total. The monoisotopic (exact) mass is 114 g/mol. The SMILES string of the molecule is CCC[C@@H](C)C(C)C. The van der Waals surface area contributed by atoms with Gasteiger partial charge in [0.05, 0.1) is 0 Å². The van der Waals surface area contributed by atoms with E-state index >= 15 is 0 Å². The Hall–Kier alpha value is 0. The Bertz CT molecular complexity index is 46.0. The average Bonchev–Trinajstić information content (AvgIpc) is 1.67. The number of hydrogen-bond donors (Lipinski definition) is 0. The van der Waals surface area contributed by atoms with Gasteiger partial charge in [0.15, 0.2) is 0 Å². The summed E-state index contributed by atoms with van der Waals surface area (Å²) >= 11 is 0. The van der Waals surface area contributed by atoms with Crippen molar-refractivity contribution in [1.82, 2.24) is 0 Å². The molecule has 0 heterocycles. The van der Waals surface area contributed by atoms with E-state index in [1.54, 1.807) is 0 Å². The van der Waals surface area contributed by atoms with Gasteiger partial charge in [0.25, 0.3) is 0 Å². The molecule has 0 aliphatic rings. The minimum Gasteiger partial charge on any atom is -0.0654 e. The van der Waals surface area contributed by atoms with E-state index in [0.717, 1.165) is 11.8 Å². The second kappa shape index (κ2) is 3.94. The van der Waals surface area contributed by atoms with Crippen LogP contribution < -0.4 is 0 Å². The zero-order valence-electron chi connectivity index (χ0n) is 6.57. The van der Waals surface area contributed by atoms with Crippen LogP contribution in [-0.4, -0.2) is 0 Å². The molecule has 0 saturated carbocycles. The van der Waals surface area contributed by atoms with Crippen molar-refractivity contribution in [2.45, 2.75) is 40.5 Å². The van der Waals surface area contributed by atoms with Gasteiger partial charge in [0.2, 0.25) is 0 Å². The lowest BCUT2D eigenvalue weighted by molar-refractivity contribution is 0.389. The second-order valence-corrected chi connectivity index (χ2v) is 3.01. The van der Waals surface area contributed by atoms with Crippen molar-refractivity contribution < 1.29 is 0 Å². The van der Waals surface area contributed by atoms with Crippen molar-refractivity contribution in [3.05, 3.63) is 0 Å². The van der Waals surface area contributed by atoms with E-state index in [-0.39, 0.29) is 0 Å². The maximum absolute atomic E-state index is 2.33. The fourth-order valence-electron chi connectivity index (χ4n) is 0.789. The molecule has 0 aliphatic carbocycles. The highest BCUT2D eigenvalue weighted by molar-refractivity contribution is 4.54. The van der Waals surface area contributed by atoms with Crippen LogP contribution in [0.25, 0.3) is 0 Å². The van der Waals surface area contributed by atoms with Gasteiger partial charge in [-0.15, -0.1) is 0 Å². The van der Waals surface area contributed by atoms with Crippen molar-refractivity contribution in [2.24, 2.45) is 11.8 Å². The summed E-state index contributed by atoms with van der Waals surface area (Å²) in [5.74, 6) is 1.79. The Balaban J connectivity index is 3.17. The molecule has 0 spiro atoms. The van der Waals surface area contributed by atoms with Crippen LogP contribution in [0.1, 0.15) is 40.5 Å². The maximum atomic E-state index is 2.33. The van der Waals surface area contributed by atoms with Crippen molar-refractivity contribution in [3.63, 3.8) is 0 Å². The molecule has 0 unspecified atom stereocenters. The highest BCUT2D eigenvalue weighted by Gasteiger charge is 2.03. The van der Waals surface area contributed by atoms with Gasteiger partial charge in [0.1, 0.15) is 0 Å². The molecule has 0 saturated heterocycles. The molecule has 0 N–H and O–H groups in total. The summed E-state index contributed by atoms with van der Waals surface area (Å²) < 4.78 is 0. The van der Waals surface area contributed by atoms with Crippen molar-refractivity contribution in [2.75, 3.05) is 0 Å². The van der Waals surface area contributed by atoms with E-state index in [9.17, 15) is 0 Å². The predicted molar refractivity (Wildman–Crippen MR) is 38.9 cm³/mol. The van der Waals surface area contributed by atoms with Crippen LogP contribution in [0.3, 0.4) is 0 Å². The quantitative estimate of drug-likeness (QED) is 0.529. The molecule has 0 aliphatic heterocycles. The summed E-state index contributed by atoms with van der Waals surface area (Å²) in [6.45, 7) is 9.16. The zero-order chi connectivity index (χ0) is 6.57. The Morgan fingerprint density at radius 3 is 1.75 bits per heavy atom. The van der Waals surface area contributed by atoms with Crippen LogP contribution in [0.15, 0.2) is 0 Å². The van der Waals surface area contributed by atoms with E-state index in [1.807, 2.05) is 0 Å². The van der Waals surface area contributed by atoms with Gasteiger partial charge in [-0.25, -0.2) is 0 Å². The predicted octanol–water partition coefficient (Wildman–Crippen LogP) is 3.08. The standard InChI is InChI=1S/C8H18/c1-5-6-8(4)7(2)3/h7-8H,5-6H2,1-4H3/t8-/m1/s1. The first-order valence-corrected chi connectivity index (χ1v) is 3.68. The summed E-state index contributed by atoms with van der Waals surface area (Å²) in [6, 6.07) is 0. The average molecular weight is 114 g/mol. The van der Waals surface area contributed by atoms with E-state index in [2.05, 4.69) is 27.7 Å². The van der Waals surface area contributed by atoms with Crippen molar-refractivity contribution >= 4 is 0 Å². The van der Waals surface area contributed by atoms with E-state index in [4.69, 9.17) is 0 Å². The third-order valence-electron chi connectivity index (χ3n) is 1.88. The first-order valence-electron chi connectivity index (χ1n) is 3.68.